The van der Waals surface area contributed by atoms with Gasteiger partial charge in [0.05, 0.1) is 17.8 Å². The number of methoxy groups -OCH3 is 1. The van der Waals surface area contributed by atoms with E-state index in [9.17, 15) is 22.9 Å². The number of amides is 1. The fourth-order valence-corrected chi connectivity index (χ4v) is 4.94. The maximum Gasteiger partial charge on any atom is 1.00 e. The summed E-state index contributed by atoms with van der Waals surface area (Å²) in [6, 6.07) is 15.4. The third kappa shape index (κ3) is 6.47. The minimum Gasteiger partial charge on any atom is -0.870 e. The molecule has 0 fully saturated rings. The zero-order valence-electron chi connectivity index (χ0n) is 20.3. The van der Waals surface area contributed by atoms with E-state index in [-0.39, 0.29) is 51.5 Å². The Kier molecular flexibility index (Phi) is 9.43. The average molecular weight is 582 g/mol. The second kappa shape index (κ2) is 12.0. The number of hydrogen-bond donors (Lipinski definition) is 2. The Hall–Kier alpha value is -2.70. The van der Waals surface area contributed by atoms with Crippen LogP contribution in [0.3, 0.4) is 0 Å². The van der Waals surface area contributed by atoms with Crippen molar-refractivity contribution < 1.29 is 57.2 Å². The predicted molar refractivity (Wildman–Crippen MR) is 140 cm³/mol. The second-order valence-electron chi connectivity index (χ2n) is 7.93. The standard InChI is InChI=1S/C25H19Cl2N3O6S.Na/c1-13-7-20(22(27)21(8-13)37(33,34)35)29-30-23-18-6-4-3-5-14(18)9-19(24(23)31)25(32)28-16-10-15(26)11-17(12-16)36-2;/h3-12,31H,1-2H3,(H,28,32)(H,33,34,35);/q;+1/p-1. The molecule has 4 rings (SSSR count). The molecule has 0 heterocycles. The van der Waals surface area contributed by atoms with Crippen molar-refractivity contribution in [3.05, 3.63) is 81.8 Å². The van der Waals surface area contributed by atoms with E-state index in [2.05, 4.69) is 15.5 Å². The fraction of sp³-hybridized carbons (Fsp3) is 0.0800. The average Bonchev–Trinajstić information content (AvgIpc) is 2.83. The first-order valence-electron chi connectivity index (χ1n) is 10.6. The van der Waals surface area contributed by atoms with E-state index in [1.54, 1.807) is 43.3 Å². The molecule has 0 atom stereocenters. The number of azo groups is 1. The van der Waals surface area contributed by atoms with E-state index < -0.39 is 26.7 Å². The van der Waals surface area contributed by atoms with E-state index in [4.69, 9.17) is 27.9 Å². The van der Waals surface area contributed by atoms with Crippen molar-refractivity contribution in [1.29, 1.82) is 0 Å². The molecule has 0 aliphatic heterocycles. The quantitative estimate of drug-likeness (QED) is 0.203. The zero-order valence-corrected chi connectivity index (χ0v) is 24.6. The third-order valence-corrected chi connectivity index (χ3v) is 6.89. The smallest absolute Gasteiger partial charge is 0.870 e. The number of anilines is 1. The molecule has 0 unspecified atom stereocenters. The van der Waals surface area contributed by atoms with Crippen molar-refractivity contribution in [3.63, 3.8) is 0 Å². The Labute approximate surface area is 250 Å². The van der Waals surface area contributed by atoms with E-state index in [0.717, 1.165) is 0 Å². The first-order valence-corrected chi connectivity index (χ1v) is 12.8. The molecular weight excluding hydrogens is 564 g/mol. The predicted octanol–water partition coefficient (Wildman–Crippen LogP) is 3.46. The van der Waals surface area contributed by atoms with Gasteiger partial charge in [-0.25, -0.2) is 0 Å². The maximum absolute atomic E-state index is 13.4. The van der Waals surface area contributed by atoms with Crippen LogP contribution in [0, 0.1) is 6.92 Å². The van der Waals surface area contributed by atoms with Gasteiger partial charge in [0.25, 0.3) is 16.0 Å². The number of aryl methyl sites for hydroxylation is 1. The van der Waals surface area contributed by atoms with Crippen LogP contribution in [-0.2, 0) is 10.1 Å². The molecule has 38 heavy (non-hydrogen) atoms. The molecule has 4 aromatic carbocycles. The molecule has 13 heteroatoms. The van der Waals surface area contributed by atoms with Crippen LogP contribution in [0.4, 0.5) is 17.1 Å². The molecule has 0 saturated carbocycles. The van der Waals surface area contributed by atoms with Crippen LogP contribution in [0.25, 0.3) is 10.8 Å². The Morgan fingerprint density at radius 3 is 2.45 bits per heavy atom. The van der Waals surface area contributed by atoms with Crippen molar-refractivity contribution in [1.82, 2.24) is 0 Å². The monoisotopic (exact) mass is 581 g/mol. The van der Waals surface area contributed by atoms with Crippen LogP contribution >= 0.6 is 23.2 Å². The number of fused-ring (bicyclic) bond motifs is 1. The van der Waals surface area contributed by atoms with Gasteiger partial charge in [0.1, 0.15) is 16.3 Å². The first-order chi connectivity index (χ1) is 17.5. The van der Waals surface area contributed by atoms with Gasteiger partial charge in [0, 0.05) is 27.7 Å². The van der Waals surface area contributed by atoms with Gasteiger partial charge in [-0.3, -0.25) is 9.35 Å². The number of carbonyl (C=O) groups is 1. The summed E-state index contributed by atoms with van der Waals surface area (Å²) in [6.45, 7) is 1.58. The number of nitrogens with zero attached hydrogens (tertiary/aromatic N) is 2. The molecule has 190 valence electrons. The second-order valence-corrected chi connectivity index (χ2v) is 10.1. The van der Waals surface area contributed by atoms with Crippen LogP contribution in [0.5, 0.6) is 11.5 Å². The molecule has 4 aromatic rings. The number of carbonyl (C=O) groups excluding carboxylic acids is 1. The van der Waals surface area contributed by atoms with Gasteiger partial charge < -0.3 is 15.2 Å². The molecule has 2 N–H and O–H groups in total. The molecule has 0 aliphatic rings. The van der Waals surface area contributed by atoms with Crippen molar-refractivity contribution in [3.8, 4) is 11.5 Å². The van der Waals surface area contributed by atoms with Gasteiger partial charge >= 0.3 is 29.6 Å². The Morgan fingerprint density at radius 2 is 1.76 bits per heavy atom. The summed E-state index contributed by atoms with van der Waals surface area (Å²) in [4.78, 5) is 12.5. The van der Waals surface area contributed by atoms with Gasteiger partial charge in [-0.2, -0.15) is 13.5 Å². The third-order valence-electron chi connectivity index (χ3n) is 5.28. The summed E-state index contributed by atoms with van der Waals surface area (Å²) in [5, 5.41) is 25.0. The SMILES string of the molecule is COc1cc(Cl)cc(NC(=O)c2cc3ccccc3c(N=Nc3cc(C)cc(S(=O)(=O)O)c3Cl)c2[O-])c1.[Na+]. The van der Waals surface area contributed by atoms with E-state index in [1.165, 1.54) is 31.4 Å². The van der Waals surface area contributed by atoms with Gasteiger partial charge in [-0.05, 0) is 48.2 Å². The summed E-state index contributed by atoms with van der Waals surface area (Å²) in [5.41, 5.74) is 0.301. The topological polar surface area (TPSA) is 140 Å². The molecule has 9 nitrogen and oxygen atoms in total. The molecule has 0 saturated heterocycles. The molecule has 0 aliphatic carbocycles. The summed E-state index contributed by atoms with van der Waals surface area (Å²) >= 11 is 12.2. The van der Waals surface area contributed by atoms with Crippen molar-refractivity contribution in [2.75, 3.05) is 12.4 Å². The maximum atomic E-state index is 13.4. The number of hydrogen-bond acceptors (Lipinski definition) is 7. The Morgan fingerprint density at radius 1 is 1.05 bits per heavy atom. The summed E-state index contributed by atoms with van der Waals surface area (Å²) < 4.78 is 38.0. The van der Waals surface area contributed by atoms with E-state index in [1.807, 2.05) is 0 Å². The summed E-state index contributed by atoms with van der Waals surface area (Å²) in [6.07, 6.45) is 0. The number of halogens is 2. The molecular formula is C25H18Cl2N3NaO6S. The number of ether oxygens (including phenoxy) is 1. The van der Waals surface area contributed by atoms with Gasteiger partial charge in [-0.1, -0.05) is 53.2 Å². The van der Waals surface area contributed by atoms with Gasteiger partial charge in [0.15, 0.2) is 0 Å². The molecule has 0 spiro atoms. The van der Waals surface area contributed by atoms with Crippen molar-refractivity contribution in [2.24, 2.45) is 10.2 Å². The largest absolute Gasteiger partial charge is 1.00 e. The molecule has 0 aromatic heterocycles. The number of rotatable bonds is 6. The van der Waals surface area contributed by atoms with E-state index in [0.29, 0.717) is 32.8 Å². The van der Waals surface area contributed by atoms with Gasteiger partial charge in [-0.15, -0.1) is 5.11 Å². The fourth-order valence-electron chi connectivity index (χ4n) is 3.61. The van der Waals surface area contributed by atoms with Crippen LogP contribution in [-0.4, -0.2) is 26.0 Å². The summed E-state index contributed by atoms with van der Waals surface area (Å²) in [5.74, 6) is -1.01. The minimum atomic E-state index is -4.63. The van der Waals surface area contributed by atoms with Crippen molar-refractivity contribution >= 4 is 67.1 Å². The van der Waals surface area contributed by atoms with Crippen molar-refractivity contribution in [2.45, 2.75) is 11.8 Å². The Bertz CT molecular complexity index is 1700. The van der Waals surface area contributed by atoms with Crippen LogP contribution in [0.2, 0.25) is 10.0 Å². The molecule has 0 bridgehead atoms. The van der Waals surface area contributed by atoms with Gasteiger partial charge in [0.2, 0.25) is 0 Å². The van der Waals surface area contributed by atoms with Crippen LogP contribution in [0.15, 0.2) is 75.8 Å². The minimum absolute atomic E-state index is 0. The normalized spacial score (nSPS) is 11.4. The molecule has 1 amide bonds. The molecule has 0 radical (unpaired) electrons. The number of nitrogens with one attached hydrogen (secondary N) is 1. The summed E-state index contributed by atoms with van der Waals surface area (Å²) in [7, 11) is -3.18. The van der Waals surface area contributed by atoms with Crippen LogP contribution < -0.4 is 44.7 Å². The zero-order chi connectivity index (χ0) is 26.9. The number of benzene rings is 4. The van der Waals surface area contributed by atoms with E-state index >= 15 is 0 Å². The Balaban J connectivity index is 0.00000400. The van der Waals surface area contributed by atoms with Crippen LogP contribution in [0.1, 0.15) is 15.9 Å². The first kappa shape index (κ1) is 29.9.